The van der Waals surface area contributed by atoms with Gasteiger partial charge < -0.3 is 15.1 Å². The lowest BCUT2D eigenvalue weighted by molar-refractivity contribution is 0.0951. The zero-order valence-electron chi connectivity index (χ0n) is 16.7. The first kappa shape index (κ1) is 19.0. The Bertz CT molecular complexity index is 965. The van der Waals surface area contributed by atoms with E-state index in [2.05, 4.69) is 57.4 Å². The summed E-state index contributed by atoms with van der Waals surface area (Å²) in [7, 11) is 0. The predicted octanol–water partition coefficient (Wildman–Crippen LogP) is 3.65. The summed E-state index contributed by atoms with van der Waals surface area (Å²) in [4.78, 5) is 21.8. The monoisotopic (exact) mass is 386 g/mol. The molecule has 3 aromatic rings. The summed E-state index contributed by atoms with van der Waals surface area (Å²) in [6.45, 7) is 6.23. The highest BCUT2D eigenvalue weighted by Crippen LogP contribution is 2.19. The Hall–Kier alpha value is -3.34. The first-order valence-electron chi connectivity index (χ1n) is 10.0. The van der Waals surface area contributed by atoms with Crippen LogP contribution in [0.1, 0.15) is 21.5 Å². The lowest BCUT2D eigenvalue weighted by Crippen LogP contribution is -2.46. The van der Waals surface area contributed by atoms with Crippen LogP contribution in [0.25, 0.3) is 0 Å². The lowest BCUT2D eigenvalue weighted by Gasteiger charge is -2.36. The minimum atomic E-state index is -0.0696. The summed E-state index contributed by atoms with van der Waals surface area (Å²) in [6, 6.07) is 22.2. The number of anilines is 2. The predicted molar refractivity (Wildman–Crippen MR) is 117 cm³/mol. The molecule has 0 bridgehead atoms. The first-order chi connectivity index (χ1) is 14.2. The summed E-state index contributed by atoms with van der Waals surface area (Å²) in [5, 5.41) is 3.02. The van der Waals surface area contributed by atoms with Gasteiger partial charge in [0.15, 0.2) is 0 Å². The fourth-order valence-corrected chi connectivity index (χ4v) is 3.65. The molecule has 5 nitrogen and oxygen atoms in total. The van der Waals surface area contributed by atoms with Crippen molar-refractivity contribution >= 4 is 17.4 Å². The van der Waals surface area contributed by atoms with Crippen LogP contribution in [0.15, 0.2) is 72.9 Å². The molecule has 1 fully saturated rings. The maximum Gasteiger partial charge on any atom is 0.251 e. The Morgan fingerprint density at radius 1 is 0.931 bits per heavy atom. The average Bonchev–Trinajstić information content (AvgIpc) is 2.79. The van der Waals surface area contributed by atoms with E-state index in [1.54, 1.807) is 12.3 Å². The van der Waals surface area contributed by atoms with Crippen LogP contribution in [0.2, 0.25) is 0 Å². The molecule has 1 N–H and O–H groups in total. The van der Waals surface area contributed by atoms with Gasteiger partial charge in [0.1, 0.15) is 5.82 Å². The van der Waals surface area contributed by atoms with Gasteiger partial charge in [-0.25, -0.2) is 4.98 Å². The average molecular weight is 386 g/mol. The summed E-state index contributed by atoms with van der Waals surface area (Å²) in [5.74, 6) is 0.793. The van der Waals surface area contributed by atoms with Crippen molar-refractivity contribution in [3.63, 3.8) is 0 Å². The van der Waals surface area contributed by atoms with Gasteiger partial charge in [0.25, 0.3) is 5.91 Å². The van der Waals surface area contributed by atoms with Gasteiger partial charge in [0.05, 0.1) is 0 Å². The third-order valence-corrected chi connectivity index (χ3v) is 5.43. The van der Waals surface area contributed by atoms with Crippen molar-refractivity contribution in [1.82, 2.24) is 10.3 Å². The number of aromatic nitrogens is 1. The second-order valence-electron chi connectivity index (χ2n) is 7.32. The highest BCUT2D eigenvalue weighted by atomic mass is 16.1. The minimum Gasteiger partial charge on any atom is -0.368 e. The molecular weight excluding hydrogens is 360 g/mol. The van der Waals surface area contributed by atoms with E-state index < -0.39 is 0 Å². The summed E-state index contributed by atoms with van der Waals surface area (Å²) < 4.78 is 0. The largest absolute Gasteiger partial charge is 0.368 e. The van der Waals surface area contributed by atoms with Crippen LogP contribution in [0.3, 0.4) is 0 Å². The third-order valence-electron chi connectivity index (χ3n) is 5.43. The number of carbonyl (C=O) groups excluding carboxylic acids is 1. The van der Waals surface area contributed by atoms with E-state index in [1.807, 2.05) is 30.3 Å². The molecule has 29 heavy (non-hydrogen) atoms. The van der Waals surface area contributed by atoms with Gasteiger partial charge in [-0.05, 0) is 42.3 Å². The van der Waals surface area contributed by atoms with Gasteiger partial charge in [-0.15, -0.1) is 0 Å². The normalized spacial score (nSPS) is 14.0. The van der Waals surface area contributed by atoms with Crippen molar-refractivity contribution in [3.05, 3.63) is 89.6 Å². The fraction of sp³-hybridized carbons (Fsp3) is 0.250. The van der Waals surface area contributed by atoms with Crippen LogP contribution < -0.4 is 15.1 Å². The highest BCUT2D eigenvalue weighted by molar-refractivity contribution is 5.94. The molecule has 0 atom stereocenters. The maximum atomic E-state index is 12.6. The van der Waals surface area contributed by atoms with E-state index >= 15 is 0 Å². The quantitative estimate of drug-likeness (QED) is 0.727. The van der Waals surface area contributed by atoms with E-state index in [1.165, 1.54) is 11.3 Å². The van der Waals surface area contributed by atoms with Gasteiger partial charge in [-0.2, -0.15) is 0 Å². The number of nitrogens with zero attached hydrogens (tertiary/aromatic N) is 3. The molecule has 1 amide bonds. The second kappa shape index (κ2) is 8.78. The number of amides is 1. The topological polar surface area (TPSA) is 48.5 Å². The van der Waals surface area contributed by atoms with Gasteiger partial charge in [0.2, 0.25) is 0 Å². The van der Waals surface area contributed by atoms with Gasteiger partial charge >= 0.3 is 0 Å². The standard InChI is InChI=1S/C24H26N4O/c1-19-7-5-6-8-21(19)18-26-24(29)20-11-12-25-23(17-20)28-15-13-27(14-16-28)22-9-3-2-4-10-22/h2-12,17H,13-16,18H2,1H3,(H,26,29). The summed E-state index contributed by atoms with van der Waals surface area (Å²) in [6.07, 6.45) is 1.72. The van der Waals surface area contributed by atoms with Crippen molar-refractivity contribution in [1.29, 1.82) is 0 Å². The molecule has 0 unspecified atom stereocenters. The molecule has 1 aromatic heterocycles. The van der Waals surface area contributed by atoms with Gasteiger partial charge in [0, 0.05) is 50.2 Å². The fourth-order valence-electron chi connectivity index (χ4n) is 3.65. The number of piperazine rings is 1. The Labute approximate surface area is 172 Å². The van der Waals surface area contributed by atoms with E-state index in [0.717, 1.165) is 37.6 Å². The Morgan fingerprint density at radius 3 is 2.38 bits per heavy atom. The minimum absolute atomic E-state index is 0.0696. The highest BCUT2D eigenvalue weighted by Gasteiger charge is 2.19. The number of benzene rings is 2. The van der Waals surface area contributed by atoms with Crippen molar-refractivity contribution in [2.24, 2.45) is 0 Å². The van der Waals surface area contributed by atoms with E-state index in [-0.39, 0.29) is 5.91 Å². The smallest absolute Gasteiger partial charge is 0.251 e. The lowest BCUT2D eigenvalue weighted by atomic mass is 10.1. The Balaban J connectivity index is 1.37. The molecule has 2 heterocycles. The molecule has 2 aromatic carbocycles. The number of aryl methyl sites for hydroxylation is 1. The first-order valence-corrected chi connectivity index (χ1v) is 10.0. The number of pyridine rings is 1. The molecule has 4 rings (SSSR count). The van der Waals surface area contributed by atoms with Crippen molar-refractivity contribution in [2.45, 2.75) is 13.5 Å². The summed E-state index contributed by atoms with van der Waals surface area (Å²) >= 11 is 0. The molecule has 148 valence electrons. The molecule has 5 heteroatoms. The van der Waals surface area contributed by atoms with Crippen molar-refractivity contribution in [3.8, 4) is 0 Å². The summed E-state index contributed by atoms with van der Waals surface area (Å²) in [5.41, 5.74) is 4.21. The van der Waals surface area contributed by atoms with E-state index in [4.69, 9.17) is 0 Å². The molecular formula is C24H26N4O. The molecule has 1 aliphatic heterocycles. The number of carbonyl (C=O) groups is 1. The second-order valence-corrected chi connectivity index (χ2v) is 7.32. The van der Waals surface area contributed by atoms with Gasteiger partial charge in [-0.3, -0.25) is 4.79 Å². The zero-order valence-corrected chi connectivity index (χ0v) is 16.7. The molecule has 0 spiro atoms. The number of nitrogens with one attached hydrogen (secondary N) is 1. The number of hydrogen-bond donors (Lipinski definition) is 1. The van der Waals surface area contributed by atoms with E-state index in [0.29, 0.717) is 12.1 Å². The van der Waals surface area contributed by atoms with Crippen molar-refractivity contribution in [2.75, 3.05) is 36.0 Å². The number of hydrogen-bond acceptors (Lipinski definition) is 4. The van der Waals surface area contributed by atoms with Crippen LogP contribution in [0, 0.1) is 6.92 Å². The van der Waals surface area contributed by atoms with Crippen LogP contribution in [0.4, 0.5) is 11.5 Å². The third kappa shape index (κ3) is 4.57. The molecule has 1 aliphatic rings. The van der Waals surface area contributed by atoms with Crippen LogP contribution in [-0.2, 0) is 6.54 Å². The Morgan fingerprint density at radius 2 is 1.62 bits per heavy atom. The van der Waals surface area contributed by atoms with Crippen molar-refractivity contribution < 1.29 is 4.79 Å². The van der Waals surface area contributed by atoms with E-state index in [9.17, 15) is 4.79 Å². The van der Waals surface area contributed by atoms with Crippen LogP contribution in [-0.4, -0.2) is 37.1 Å². The Kier molecular flexibility index (Phi) is 5.75. The van der Waals surface area contributed by atoms with Gasteiger partial charge in [-0.1, -0.05) is 42.5 Å². The van der Waals surface area contributed by atoms with Crippen LogP contribution in [0.5, 0.6) is 0 Å². The SMILES string of the molecule is Cc1ccccc1CNC(=O)c1ccnc(N2CCN(c3ccccc3)CC2)c1. The molecule has 1 saturated heterocycles. The molecule has 0 aliphatic carbocycles. The zero-order chi connectivity index (χ0) is 20.1. The maximum absolute atomic E-state index is 12.6. The molecule has 0 saturated carbocycles. The number of para-hydroxylation sites is 1. The van der Waals surface area contributed by atoms with Crippen LogP contribution >= 0.6 is 0 Å². The number of rotatable bonds is 5. The molecule has 0 radical (unpaired) electrons.